The third-order valence-corrected chi connectivity index (χ3v) is 3.26. The molecule has 1 aromatic heterocycles. The summed E-state index contributed by atoms with van der Waals surface area (Å²) in [4.78, 5) is 4.55. The average molecular weight is 286 g/mol. The van der Waals surface area contributed by atoms with Gasteiger partial charge in [-0.3, -0.25) is 0 Å². The second-order valence-electron chi connectivity index (χ2n) is 5.05. The summed E-state index contributed by atoms with van der Waals surface area (Å²) < 4.78 is 5.92. The fourth-order valence-corrected chi connectivity index (χ4v) is 2.07. The molecule has 2 aromatic rings. The Bertz CT molecular complexity index is 638. The van der Waals surface area contributed by atoms with Gasteiger partial charge >= 0.3 is 0 Å². The summed E-state index contributed by atoms with van der Waals surface area (Å²) in [6.45, 7) is 6.31. The Balaban J connectivity index is 2.36. The highest BCUT2D eigenvalue weighted by atomic mass is 32.1. The maximum absolute atomic E-state index is 5.92. The smallest absolute Gasteiger partial charge is 0.219 e. The zero-order valence-electron chi connectivity index (χ0n) is 11.9. The van der Waals surface area contributed by atoms with Crippen molar-refractivity contribution in [2.75, 3.05) is 0 Å². The molecule has 104 valence electrons. The van der Waals surface area contributed by atoms with E-state index in [1.165, 1.54) is 0 Å². The highest BCUT2D eigenvalue weighted by Crippen LogP contribution is 2.30. The lowest BCUT2D eigenvalue weighted by molar-refractivity contribution is 0.454. The summed E-state index contributed by atoms with van der Waals surface area (Å²) in [5.41, 5.74) is 8.68. The van der Waals surface area contributed by atoms with Gasteiger partial charge in [0, 0.05) is 17.8 Å². The maximum Gasteiger partial charge on any atom is 0.219 e. The van der Waals surface area contributed by atoms with E-state index in [1.807, 2.05) is 13.0 Å². The molecule has 0 aliphatic carbocycles. The number of ether oxygens (including phenoxy) is 1. The first kappa shape index (κ1) is 14.5. The van der Waals surface area contributed by atoms with E-state index in [1.54, 1.807) is 18.3 Å². The Labute approximate surface area is 124 Å². The predicted octanol–water partition coefficient (Wildman–Crippen LogP) is 3.94. The maximum atomic E-state index is 5.92. The van der Waals surface area contributed by atoms with Gasteiger partial charge in [-0.2, -0.15) is 0 Å². The van der Waals surface area contributed by atoms with Gasteiger partial charge in [-0.05, 0) is 36.1 Å². The number of aryl methyl sites for hydroxylation is 1. The van der Waals surface area contributed by atoms with Crippen molar-refractivity contribution in [2.45, 2.75) is 26.7 Å². The highest BCUT2D eigenvalue weighted by Gasteiger charge is 2.10. The van der Waals surface area contributed by atoms with Gasteiger partial charge in [-0.15, -0.1) is 0 Å². The Morgan fingerprint density at radius 2 is 2.00 bits per heavy atom. The minimum absolute atomic E-state index is 0.338. The number of pyridine rings is 1. The van der Waals surface area contributed by atoms with Crippen molar-refractivity contribution < 1.29 is 4.74 Å². The standard InChI is InChI=1S/C16H18N2OS/c1-10(2)13-5-4-11(3)8-14(13)19-15-9-12(16(17)20)6-7-18-15/h4-10H,1-3H3,(H2,17,20). The summed E-state index contributed by atoms with van der Waals surface area (Å²) in [6.07, 6.45) is 1.65. The van der Waals surface area contributed by atoms with Gasteiger partial charge < -0.3 is 10.5 Å². The molecule has 0 spiro atoms. The van der Waals surface area contributed by atoms with Crippen molar-refractivity contribution in [1.29, 1.82) is 0 Å². The molecule has 0 saturated carbocycles. The van der Waals surface area contributed by atoms with Gasteiger partial charge in [0.15, 0.2) is 0 Å². The largest absolute Gasteiger partial charge is 0.439 e. The zero-order chi connectivity index (χ0) is 14.7. The first-order chi connectivity index (χ1) is 9.47. The molecule has 0 atom stereocenters. The number of nitrogens with two attached hydrogens (primary N) is 1. The second-order valence-corrected chi connectivity index (χ2v) is 5.48. The first-order valence-electron chi connectivity index (χ1n) is 6.51. The third kappa shape index (κ3) is 3.33. The van der Waals surface area contributed by atoms with Crippen LogP contribution in [0.5, 0.6) is 11.6 Å². The van der Waals surface area contributed by atoms with Gasteiger partial charge in [0.25, 0.3) is 0 Å². The lowest BCUT2D eigenvalue weighted by Gasteiger charge is -2.14. The van der Waals surface area contributed by atoms with Crippen LogP contribution >= 0.6 is 12.2 Å². The van der Waals surface area contributed by atoms with Crippen molar-refractivity contribution in [3.05, 3.63) is 53.2 Å². The van der Waals surface area contributed by atoms with Gasteiger partial charge in [0.2, 0.25) is 5.88 Å². The quantitative estimate of drug-likeness (QED) is 0.865. The number of thiocarbonyl (C=S) groups is 1. The summed E-state index contributed by atoms with van der Waals surface area (Å²) in [5.74, 6) is 1.71. The van der Waals surface area contributed by atoms with E-state index in [4.69, 9.17) is 22.7 Å². The monoisotopic (exact) mass is 286 g/mol. The molecule has 0 aliphatic heterocycles. The number of aromatic nitrogens is 1. The Morgan fingerprint density at radius 3 is 2.65 bits per heavy atom. The SMILES string of the molecule is Cc1ccc(C(C)C)c(Oc2cc(C(N)=S)ccn2)c1. The second kappa shape index (κ2) is 6.01. The van der Waals surface area contributed by atoms with Crippen LogP contribution in [0.15, 0.2) is 36.5 Å². The highest BCUT2D eigenvalue weighted by molar-refractivity contribution is 7.80. The van der Waals surface area contributed by atoms with Crippen LogP contribution in [0.2, 0.25) is 0 Å². The molecule has 4 heteroatoms. The summed E-state index contributed by atoms with van der Waals surface area (Å²) in [5, 5.41) is 0. The average Bonchev–Trinajstić information content (AvgIpc) is 2.38. The number of hydrogen-bond acceptors (Lipinski definition) is 3. The van der Waals surface area contributed by atoms with Gasteiger partial charge in [0.05, 0.1) is 0 Å². The van der Waals surface area contributed by atoms with Crippen LogP contribution in [0.25, 0.3) is 0 Å². The summed E-state index contributed by atoms with van der Waals surface area (Å²) >= 11 is 4.97. The van der Waals surface area contributed by atoms with E-state index in [-0.39, 0.29) is 0 Å². The van der Waals surface area contributed by atoms with Crippen LogP contribution in [-0.4, -0.2) is 9.97 Å². The third-order valence-electron chi connectivity index (χ3n) is 3.02. The van der Waals surface area contributed by atoms with Crippen molar-refractivity contribution in [3.63, 3.8) is 0 Å². The molecular formula is C16H18N2OS. The van der Waals surface area contributed by atoms with E-state index in [0.29, 0.717) is 16.8 Å². The molecule has 0 radical (unpaired) electrons. The molecule has 0 fully saturated rings. The molecule has 1 aromatic carbocycles. The van der Waals surface area contributed by atoms with Crippen LogP contribution in [-0.2, 0) is 0 Å². The van der Waals surface area contributed by atoms with Crippen LogP contribution in [0.4, 0.5) is 0 Å². The Morgan fingerprint density at radius 1 is 1.25 bits per heavy atom. The molecule has 0 saturated heterocycles. The minimum atomic E-state index is 0.338. The Kier molecular flexibility index (Phi) is 4.35. The van der Waals surface area contributed by atoms with Gasteiger partial charge in [-0.1, -0.05) is 38.2 Å². The molecule has 0 bridgehead atoms. The molecule has 20 heavy (non-hydrogen) atoms. The normalized spacial score (nSPS) is 10.6. The van der Waals surface area contributed by atoms with Gasteiger partial charge in [0.1, 0.15) is 10.7 Å². The molecule has 0 aliphatic rings. The predicted molar refractivity (Wildman–Crippen MR) is 85.5 cm³/mol. The topological polar surface area (TPSA) is 48.1 Å². The fourth-order valence-electron chi connectivity index (χ4n) is 1.94. The minimum Gasteiger partial charge on any atom is -0.439 e. The van der Waals surface area contributed by atoms with Crippen molar-refractivity contribution in [1.82, 2.24) is 4.98 Å². The molecule has 0 unspecified atom stereocenters. The number of rotatable bonds is 4. The van der Waals surface area contributed by atoms with Crippen molar-refractivity contribution >= 4 is 17.2 Å². The summed E-state index contributed by atoms with van der Waals surface area (Å²) in [6, 6.07) is 9.72. The van der Waals surface area contributed by atoms with Crippen LogP contribution < -0.4 is 10.5 Å². The zero-order valence-corrected chi connectivity index (χ0v) is 12.7. The van der Waals surface area contributed by atoms with E-state index < -0.39 is 0 Å². The molecule has 0 amide bonds. The lowest BCUT2D eigenvalue weighted by Crippen LogP contribution is -2.09. The molecule has 3 nitrogen and oxygen atoms in total. The van der Waals surface area contributed by atoms with Crippen LogP contribution in [0, 0.1) is 6.92 Å². The van der Waals surface area contributed by atoms with Gasteiger partial charge in [-0.25, -0.2) is 4.98 Å². The van der Waals surface area contributed by atoms with Crippen LogP contribution in [0.3, 0.4) is 0 Å². The number of benzene rings is 1. The van der Waals surface area contributed by atoms with E-state index in [0.717, 1.165) is 22.4 Å². The first-order valence-corrected chi connectivity index (χ1v) is 6.92. The summed E-state index contributed by atoms with van der Waals surface area (Å²) in [7, 11) is 0. The van der Waals surface area contributed by atoms with Crippen LogP contribution in [0.1, 0.15) is 36.5 Å². The molecule has 1 heterocycles. The number of hydrogen-bond donors (Lipinski definition) is 1. The molecule has 2 N–H and O–H groups in total. The van der Waals surface area contributed by atoms with Crippen molar-refractivity contribution in [3.8, 4) is 11.6 Å². The lowest BCUT2D eigenvalue weighted by atomic mass is 10.0. The molecular weight excluding hydrogens is 268 g/mol. The van der Waals surface area contributed by atoms with Crippen molar-refractivity contribution in [2.24, 2.45) is 5.73 Å². The Hall–Kier alpha value is -1.94. The van der Waals surface area contributed by atoms with E-state index >= 15 is 0 Å². The number of nitrogens with zero attached hydrogens (tertiary/aromatic N) is 1. The molecule has 2 rings (SSSR count). The fraction of sp³-hybridized carbons (Fsp3) is 0.250. The van der Waals surface area contributed by atoms with E-state index in [9.17, 15) is 0 Å². The van der Waals surface area contributed by atoms with E-state index in [2.05, 4.69) is 31.0 Å².